The molecule has 2 aliphatic heterocycles. The van der Waals surface area contributed by atoms with Crippen LogP contribution >= 0.6 is 11.3 Å². The summed E-state index contributed by atoms with van der Waals surface area (Å²) >= 11 is 1.59. The van der Waals surface area contributed by atoms with E-state index in [1.165, 1.54) is 12.1 Å². The second-order valence-electron chi connectivity index (χ2n) is 8.05. The number of carbonyl (C=O) groups excluding carboxylic acids is 1. The number of amides is 1. The van der Waals surface area contributed by atoms with Crippen molar-refractivity contribution >= 4 is 22.4 Å². The van der Waals surface area contributed by atoms with Gasteiger partial charge in [0, 0.05) is 38.5 Å². The van der Waals surface area contributed by atoms with Gasteiger partial charge in [0.05, 0.1) is 0 Å². The lowest BCUT2D eigenvalue weighted by Gasteiger charge is -2.36. The van der Waals surface area contributed by atoms with Crippen molar-refractivity contribution in [2.45, 2.75) is 39.0 Å². The monoisotopic (exact) mass is 402 g/mol. The van der Waals surface area contributed by atoms with E-state index in [2.05, 4.69) is 26.9 Å². The van der Waals surface area contributed by atoms with Crippen LogP contribution in [0.1, 0.15) is 43.2 Å². The molecular weight excluding hydrogens is 375 g/mol. The zero-order chi connectivity index (χ0) is 19.5. The Morgan fingerprint density at radius 1 is 1.07 bits per heavy atom. The third-order valence-electron chi connectivity index (χ3n) is 5.93. The molecule has 0 atom stereocenters. The number of nitrogens with zero attached hydrogens (tertiary/aromatic N) is 4. The molecule has 0 aliphatic carbocycles. The Labute approximate surface area is 169 Å². The molecule has 150 valence electrons. The van der Waals surface area contributed by atoms with Crippen molar-refractivity contribution in [3.05, 3.63) is 40.7 Å². The fourth-order valence-electron chi connectivity index (χ4n) is 4.03. The van der Waals surface area contributed by atoms with Crippen LogP contribution in [-0.2, 0) is 11.2 Å². The lowest BCUT2D eigenvalue weighted by molar-refractivity contribution is -0.137. The van der Waals surface area contributed by atoms with Gasteiger partial charge in [-0.2, -0.15) is 0 Å². The molecule has 2 aromatic rings. The molecule has 5 nitrogen and oxygen atoms in total. The van der Waals surface area contributed by atoms with Gasteiger partial charge in [-0.25, -0.2) is 4.39 Å². The van der Waals surface area contributed by atoms with Gasteiger partial charge in [0.2, 0.25) is 11.0 Å². The summed E-state index contributed by atoms with van der Waals surface area (Å²) in [5.41, 5.74) is 1.03. The molecule has 0 saturated carbocycles. The van der Waals surface area contributed by atoms with Crippen LogP contribution < -0.4 is 4.90 Å². The Bertz CT molecular complexity index is 793. The number of piperidine rings is 2. The normalized spacial score (nSPS) is 19.2. The first-order chi connectivity index (χ1) is 13.6. The van der Waals surface area contributed by atoms with Gasteiger partial charge >= 0.3 is 0 Å². The standard InChI is InChI=1S/C21H27FN4OS/c1-15-6-10-25(11-7-15)20(27)17-8-12-26(13-9-17)21-24-23-19(28-21)14-16-2-4-18(22)5-3-16/h2-5,15,17H,6-14H2,1H3. The summed E-state index contributed by atoms with van der Waals surface area (Å²) in [7, 11) is 0. The summed E-state index contributed by atoms with van der Waals surface area (Å²) in [5.74, 6) is 1.02. The minimum atomic E-state index is -0.224. The third kappa shape index (κ3) is 4.51. The maximum absolute atomic E-state index is 13.0. The van der Waals surface area contributed by atoms with Crippen LogP contribution in [0.3, 0.4) is 0 Å². The van der Waals surface area contributed by atoms with E-state index in [1.807, 2.05) is 0 Å². The highest BCUT2D eigenvalue weighted by Gasteiger charge is 2.31. The van der Waals surface area contributed by atoms with Crippen LogP contribution in [0.4, 0.5) is 9.52 Å². The fourth-order valence-corrected chi connectivity index (χ4v) is 4.95. The molecule has 2 fully saturated rings. The summed E-state index contributed by atoms with van der Waals surface area (Å²) in [4.78, 5) is 17.1. The van der Waals surface area contributed by atoms with Crippen LogP contribution in [0.2, 0.25) is 0 Å². The first-order valence-electron chi connectivity index (χ1n) is 10.2. The molecule has 0 unspecified atom stereocenters. The molecule has 1 aromatic heterocycles. The summed E-state index contributed by atoms with van der Waals surface area (Å²) in [6, 6.07) is 6.52. The SMILES string of the molecule is CC1CCN(C(=O)C2CCN(c3nnc(Cc4ccc(F)cc4)s3)CC2)CC1. The minimum absolute atomic E-state index is 0.149. The number of aromatic nitrogens is 2. The lowest BCUT2D eigenvalue weighted by Crippen LogP contribution is -2.45. The molecule has 0 N–H and O–H groups in total. The van der Waals surface area contributed by atoms with Crippen LogP contribution in [0.5, 0.6) is 0 Å². The van der Waals surface area contributed by atoms with Gasteiger partial charge in [0.25, 0.3) is 0 Å². The van der Waals surface area contributed by atoms with Gasteiger partial charge in [0.1, 0.15) is 10.8 Å². The van der Waals surface area contributed by atoms with E-state index in [0.29, 0.717) is 12.3 Å². The Balaban J connectivity index is 1.30. The second-order valence-corrected chi connectivity index (χ2v) is 9.09. The average molecular weight is 403 g/mol. The van der Waals surface area contributed by atoms with E-state index in [9.17, 15) is 9.18 Å². The number of hydrogen-bond donors (Lipinski definition) is 0. The van der Waals surface area contributed by atoms with Gasteiger partial charge in [-0.15, -0.1) is 10.2 Å². The molecule has 2 aliphatic rings. The van der Waals surface area contributed by atoms with E-state index in [4.69, 9.17) is 0 Å². The number of anilines is 1. The summed E-state index contributed by atoms with van der Waals surface area (Å²) in [6.07, 6.45) is 4.70. The maximum atomic E-state index is 13.0. The van der Waals surface area contributed by atoms with Gasteiger partial charge in [-0.05, 0) is 49.3 Å². The predicted molar refractivity (Wildman–Crippen MR) is 109 cm³/mol. The van der Waals surface area contributed by atoms with Crippen molar-refractivity contribution in [1.82, 2.24) is 15.1 Å². The van der Waals surface area contributed by atoms with E-state index >= 15 is 0 Å². The Morgan fingerprint density at radius 2 is 1.75 bits per heavy atom. The van der Waals surface area contributed by atoms with Crippen LogP contribution in [0.15, 0.2) is 24.3 Å². The third-order valence-corrected chi connectivity index (χ3v) is 6.92. The highest BCUT2D eigenvalue weighted by molar-refractivity contribution is 7.15. The number of halogens is 1. The zero-order valence-corrected chi connectivity index (χ0v) is 17.1. The fraction of sp³-hybridized carbons (Fsp3) is 0.571. The molecule has 7 heteroatoms. The van der Waals surface area contributed by atoms with Crippen LogP contribution in [0.25, 0.3) is 0 Å². The van der Waals surface area contributed by atoms with Gasteiger partial charge in [-0.1, -0.05) is 30.4 Å². The van der Waals surface area contributed by atoms with E-state index in [1.54, 1.807) is 23.5 Å². The predicted octanol–water partition coefficient (Wildman–Crippen LogP) is 3.74. The highest BCUT2D eigenvalue weighted by atomic mass is 32.1. The number of benzene rings is 1. The number of hydrogen-bond acceptors (Lipinski definition) is 5. The van der Waals surface area contributed by atoms with Crippen molar-refractivity contribution in [1.29, 1.82) is 0 Å². The topological polar surface area (TPSA) is 49.3 Å². The maximum Gasteiger partial charge on any atom is 0.225 e. The Hall–Kier alpha value is -2.02. The van der Waals surface area contributed by atoms with Crippen molar-refractivity contribution in [3.8, 4) is 0 Å². The molecule has 4 rings (SSSR count). The Morgan fingerprint density at radius 3 is 2.43 bits per heavy atom. The van der Waals surface area contributed by atoms with E-state index < -0.39 is 0 Å². The van der Waals surface area contributed by atoms with Gasteiger partial charge in [0.15, 0.2) is 0 Å². The molecule has 0 bridgehead atoms. The molecule has 1 amide bonds. The van der Waals surface area contributed by atoms with Gasteiger partial charge in [-0.3, -0.25) is 4.79 Å². The molecule has 1 aromatic carbocycles. The van der Waals surface area contributed by atoms with Crippen molar-refractivity contribution < 1.29 is 9.18 Å². The smallest absolute Gasteiger partial charge is 0.225 e. The molecule has 0 radical (unpaired) electrons. The van der Waals surface area contributed by atoms with E-state index in [-0.39, 0.29) is 11.7 Å². The van der Waals surface area contributed by atoms with Crippen molar-refractivity contribution in [2.75, 3.05) is 31.1 Å². The molecular formula is C21H27FN4OS. The number of carbonyl (C=O) groups is 1. The highest BCUT2D eigenvalue weighted by Crippen LogP contribution is 2.29. The number of likely N-dealkylation sites (tertiary alicyclic amines) is 1. The summed E-state index contributed by atoms with van der Waals surface area (Å²) in [5, 5.41) is 10.5. The Kier molecular flexibility index (Phi) is 5.90. The largest absolute Gasteiger partial charge is 0.347 e. The van der Waals surface area contributed by atoms with Crippen molar-refractivity contribution in [3.63, 3.8) is 0 Å². The number of rotatable bonds is 4. The summed E-state index contributed by atoms with van der Waals surface area (Å²) in [6.45, 7) is 5.82. The quantitative estimate of drug-likeness (QED) is 0.782. The molecule has 2 saturated heterocycles. The first-order valence-corrected chi connectivity index (χ1v) is 11.0. The van der Waals surface area contributed by atoms with Gasteiger partial charge < -0.3 is 9.80 Å². The second kappa shape index (κ2) is 8.55. The lowest BCUT2D eigenvalue weighted by atomic mass is 9.93. The van der Waals surface area contributed by atoms with E-state index in [0.717, 1.165) is 73.5 Å². The average Bonchev–Trinajstić information content (AvgIpc) is 3.18. The molecule has 3 heterocycles. The van der Waals surface area contributed by atoms with Crippen LogP contribution in [0, 0.1) is 17.7 Å². The summed E-state index contributed by atoms with van der Waals surface area (Å²) < 4.78 is 13.0. The molecule has 0 spiro atoms. The molecule has 28 heavy (non-hydrogen) atoms. The zero-order valence-electron chi connectivity index (χ0n) is 16.3. The first kappa shape index (κ1) is 19.3. The van der Waals surface area contributed by atoms with Crippen LogP contribution in [-0.4, -0.2) is 47.2 Å². The minimum Gasteiger partial charge on any atom is -0.347 e. The van der Waals surface area contributed by atoms with Crippen molar-refractivity contribution in [2.24, 2.45) is 11.8 Å².